The van der Waals surface area contributed by atoms with Crippen LogP contribution in [0.3, 0.4) is 0 Å². The van der Waals surface area contributed by atoms with E-state index in [0.29, 0.717) is 6.54 Å². The number of aryl methyl sites for hydroxylation is 1. The highest BCUT2D eigenvalue weighted by atomic mass is 16.4. The van der Waals surface area contributed by atoms with Crippen LogP contribution in [0.2, 0.25) is 0 Å². The molecule has 3 rings (SSSR count). The molecular formula is C18H25N3O3. The number of hydrogen-bond acceptors (Lipinski definition) is 3. The van der Waals surface area contributed by atoms with Gasteiger partial charge in [0.25, 0.3) is 0 Å². The summed E-state index contributed by atoms with van der Waals surface area (Å²) in [5.41, 5.74) is 4.35. The third-order valence-corrected chi connectivity index (χ3v) is 5.80. The van der Waals surface area contributed by atoms with Crippen molar-refractivity contribution in [3.8, 4) is 0 Å². The maximum Gasteiger partial charge on any atom is 0.307 e. The minimum atomic E-state index is -0.848. The average molecular weight is 331 g/mol. The SMILES string of the molecule is CC(C)=C1[C@H]2CC[C@@H]1[C@@H](C(=O)NCc1cnn(C)c1C)[C@@H]2C(=O)O. The third kappa shape index (κ3) is 2.54. The highest BCUT2D eigenvalue weighted by Gasteiger charge is 2.57. The fourth-order valence-electron chi connectivity index (χ4n) is 4.62. The lowest BCUT2D eigenvalue weighted by Crippen LogP contribution is -2.41. The van der Waals surface area contributed by atoms with Gasteiger partial charge in [0, 0.05) is 24.8 Å². The maximum absolute atomic E-state index is 12.8. The zero-order valence-corrected chi connectivity index (χ0v) is 14.7. The lowest BCUT2D eigenvalue weighted by molar-refractivity contribution is -0.149. The Morgan fingerprint density at radius 2 is 1.92 bits per heavy atom. The average Bonchev–Trinajstić information content (AvgIpc) is 3.18. The summed E-state index contributed by atoms with van der Waals surface area (Å²) >= 11 is 0. The summed E-state index contributed by atoms with van der Waals surface area (Å²) in [6, 6.07) is 0. The molecule has 2 fully saturated rings. The molecule has 1 amide bonds. The lowest BCUT2D eigenvalue weighted by atomic mass is 9.78. The number of aromatic nitrogens is 2. The van der Waals surface area contributed by atoms with Crippen LogP contribution < -0.4 is 5.32 Å². The Labute approximate surface area is 141 Å². The summed E-state index contributed by atoms with van der Waals surface area (Å²) in [5, 5.41) is 16.8. The molecule has 6 nitrogen and oxygen atoms in total. The Bertz CT molecular complexity index is 715. The van der Waals surface area contributed by atoms with E-state index in [1.165, 1.54) is 11.1 Å². The molecule has 2 bridgehead atoms. The second-order valence-electron chi connectivity index (χ2n) is 7.23. The van der Waals surface area contributed by atoms with Crippen molar-refractivity contribution in [2.45, 2.75) is 40.2 Å². The van der Waals surface area contributed by atoms with Crippen molar-refractivity contribution in [2.75, 3.05) is 0 Å². The van der Waals surface area contributed by atoms with Crippen molar-refractivity contribution in [1.29, 1.82) is 0 Å². The molecule has 1 aromatic heterocycles. The molecule has 0 spiro atoms. The molecular weight excluding hydrogens is 306 g/mol. The Kier molecular flexibility index (Phi) is 4.24. The van der Waals surface area contributed by atoms with Gasteiger partial charge >= 0.3 is 5.97 Å². The van der Waals surface area contributed by atoms with Crippen molar-refractivity contribution in [3.05, 3.63) is 28.6 Å². The van der Waals surface area contributed by atoms with Crippen LogP contribution in [0.1, 0.15) is 37.9 Å². The largest absolute Gasteiger partial charge is 0.481 e. The molecule has 2 aliphatic rings. The number of nitrogens with one attached hydrogen (secondary N) is 1. The van der Waals surface area contributed by atoms with Crippen LogP contribution in [0, 0.1) is 30.6 Å². The molecule has 2 aliphatic carbocycles. The van der Waals surface area contributed by atoms with Gasteiger partial charge in [-0.2, -0.15) is 5.10 Å². The van der Waals surface area contributed by atoms with Gasteiger partial charge in [-0.1, -0.05) is 11.1 Å². The number of fused-ring (bicyclic) bond motifs is 2. The second-order valence-corrected chi connectivity index (χ2v) is 7.23. The van der Waals surface area contributed by atoms with Gasteiger partial charge < -0.3 is 10.4 Å². The fourth-order valence-corrected chi connectivity index (χ4v) is 4.62. The van der Waals surface area contributed by atoms with Crippen LogP contribution in [0.25, 0.3) is 0 Å². The number of rotatable bonds is 4. The second kappa shape index (κ2) is 6.07. The highest BCUT2D eigenvalue weighted by molar-refractivity contribution is 5.87. The van der Waals surface area contributed by atoms with Crippen LogP contribution in [0.5, 0.6) is 0 Å². The molecule has 1 aromatic rings. The van der Waals surface area contributed by atoms with E-state index in [1.807, 2.05) is 27.8 Å². The van der Waals surface area contributed by atoms with E-state index < -0.39 is 17.8 Å². The third-order valence-electron chi connectivity index (χ3n) is 5.80. The first-order valence-electron chi connectivity index (χ1n) is 8.48. The number of carboxylic acids is 1. The molecule has 6 heteroatoms. The highest BCUT2D eigenvalue weighted by Crippen LogP contribution is 2.57. The van der Waals surface area contributed by atoms with Crippen molar-refractivity contribution < 1.29 is 14.7 Å². The van der Waals surface area contributed by atoms with E-state index >= 15 is 0 Å². The summed E-state index contributed by atoms with van der Waals surface area (Å²) < 4.78 is 1.76. The van der Waals surface area contributed by atoms with Gasteiger partial charge in [-0.05, 0) is 45.4 Å². The summed E-state index contributed by atoms with van der Waals surface area (Å²) in [6.07, 6.45) is 3.54. The molecule has 0 aromatic carbocycles. The standard InChI is InChI=1S/C18H25N3O3/c1-9(2)14-12-5-6-13(14)16(18(23)24)15(12)17(22)19-7-11-8-20-21(4)10(11)3/h8,12-13,15-16H,5-7H2,1-4H3,(H,19,22)(H,23,24)/t12-,13+,15+,16+/m0/s1. The first kappa shape index (κ1) is 16.7. The molecule has 0 unspecified atom stereocenters. The zero-order chi connectivity index (χ0) is 17.6. The first-order chi connectivity index (χ1) is 11.3. The molecule has 2 N–H and O–H groups in total. The number of amides is 1. The van der Waals surface area contributed by atoms with E-state index in [-0.39, 0.29) is 17.7 Å². The summed E-state index contributed by atoms with van der Waals surface area (Å²) in [5.74, 6) is -1.94. The van der Waals surface area contributed by atoms with E-state index in [2.05, 4.69) is 10.4 Å². The Hall–Kier alpha value is -2.11. The molecule has 130 valence electrons. The van der Waals surface area contributed by atoms with E-state index in [0.717, 1.165) is 24.1 Å². The van der Waals surface area contributed by atoms with Gasteiger partial charge in [0.15, 0.2) is 0 Å². The van der Waals surface area contributed by atoms with Gasteiger partial charge in [-0.3, -0.25) is 14.3 Å². The Morgan fingerprint density at radius 3 is 2.42 bits per heavy atom. The monoisotopic (exact) mass is 331 g/mol. The summed E-state index contributed by atoms with van der Waals surface area (Å²) in [4.78, 5) is 24.6. The van der Waals surface area contributed by atoms with Crippen LogP contribution in [0.4, 0.5) is 0 Å². The van der Waals surface area contributed by atoms with E-state index in [9.17, 15) is 14.7 Å². The van der Waals surface area contributed by atoms with Gasteiger partial charge in [0.1, 0.15) is 0 Å². The zero-order valence-electron chi connectivity index (χ0n) is 14.7. The number of allylic oxidation sites excluding steroid dienone is 2. The van der Waals surface area contributed by atoms with Crippen molar-refractivity contribution in [1.82, 2.24) is 15.1 Å². The number of nitrogens with zero attached hydrogens (tertiary/aromatic N) is 2. The first-order valence-corrected chi connectivity index (χ1v) is 8.48. The van der Waals surface area contributed by atoms with Gasteiger partial charge in [-0.25, -0.2) is 0 Å². The number of aliphatic carboxylic acids is 1. The van der Waals surface area contributed by atoms with Crippen LogP contribution in [-0.2, 0) is 23.2 Å². The van der Waals surface area contributed by atoms with Gasteiger partial charge in [0.05, 0.1) is 18.0 Å². The number of hydrogen-bond donors (Lipinski definition) is 2. The minimum Gasteiger partial charge on any atom is -0.481 e. The number of carbonyl (C=O) groups is 2. The Balaban J connectivity index is 1.79. The van der Waals surface area contributed by atoms with Crippen molar-refractivity contribution in [3.63, 3.8) is 0 Å². The lowest BCUT2D eigenvalue weighted by Gasteiger charge is -2.26. The molecule has 0 radical (unpaired) electrons. The maximum atomic E-state index is 12.8. The predicted octanol–water partition coefficient (Wildman–Crippen LogP) is 2.04. The minimum absolute atomic E-state index is 0.0216. The Morgan fingerprint density at radius 1 is 1.29 bits per heavy atom. The molecule has 24 heavy (non-hydrogen) atoms. The fraction of sp³-hybridized carbons (Fsp3) is 0.611. The van der Waals surface area contributed by atoms with Crippen molar-refractivity contribution >= 4 is 11.9 Å². The van der Waals surface area contributed by atoms with E-state index in [4.69, 9.17) is 0 Å². The predicted molar refractivity (Wildman–Crippen MR) is 89.0 cm³/mol. The summed E-state index contributed by atoms with van der Waals surface area (Å²) in [6.45, 7) is 6.40. The van der Waals surface area contributed by atoms with Gasteiger partial charge in [-0.15, -0.1) is 0 Å². The van der Waals surface area contributed by atoms with Crippen LogP contribution in [0.15, 0.2) is 17.3 Å². The number of carbonyl (C=O) groups excluding carboxylic acids is 1. The quantitative estimate of drug-likeness (QED) is 0.827. The van der Waals surface area contributed by atoms with Crippen LogP contribution in [-0.4, -0.2) is 26.8 Å². The molecule has 4 atom stereocenters. The molecule has 0 aliphatic heterocycles. The topological polar surface area (TPSA) is 84.2 Å². The van der Waals surface area contributed by atoms with Crippen LogP contribution >= 0.6 is 0 Å². The number of carboxylic acid groups (broad SMARTS) is 1. The van der Waals surface area contributed by atoms with Gasteiger partial charge in [0.2, 0.25) is 5.91 Å². The molecule has 2 saturated carbocycles. The molecule has 1 heterocycles. The molecule has 0 saturated heterocycles. The van der Waals surface area contributed by atoms with Crippen molar-refractivity contribution in [2.24, 2.45) is 30.7 Å². The normalized spacial score (nSPS) is 28.2. The summed E-state index contributed by atoms with van der Waals surface area (Å²) in [7, 11) is 1.86. The van der Waals surface area contributed by atoms with E-state index in [1.54, 1.807) is 10.9 Å². The smallest absolute Gasteiger partial charge is 0.307 e.